The van der Waals surface area contributed by atoms with Gasteiger partial charge in [0.25, 0.3) is 0 Å². The molecule has 3 heterocycles. The third-order valence-electron chi connectivity index (χ3n) is 6.39. The summed E-state index contributed by atoms with van der Waals surface area (Å²) in [6.07, 6.45) is 5.77. The van der Waals surface area contributed by atoms with Crippen molar-refractivity contribution in [1.82, 2.24) is 25.0 Å². The van der Waals surface area contributed by atoms with E-state index in [2.05, 4.69) is 51.7 Å². The number of nitrogens with one attached hydrogen (secondary N) is 1. The average molecular weight is 470 g/mol. The first kappa shape index (κ1) is 23.2. The van der Waals surface area contributed by atoms with Crippen molar-refractivity contribution in [3.8, 4) is 22.7 Å². The van der Waals surface area contributed by atoms with Crippen molar-refractivity contribution >= 4 is 0 Å². The number of para-hydroxylation sites is 1. The number of morpholine rings is 1. The number of aromatic nitrogens is 3. The number of nitrogens with zero attached hydrogens (tertiary/aromatic N) is 4. The monoisotopic (exact) mass is 469 g/mol. The second-order valence-corrected chi connectivity index (χ2v) is 8.59. The minimum absolute atomic E-state index is 0.246. The molecule has 7 heteroatoms. The first-order chi connectivity index (χ1) is 17.3. The zero-order valence-electron chi connectivity index (χ0n) is 20.0. The first-order valence-corrected chi connectivity index (χ1v) is 12.0. The van der Waals surface area contributed by atoms with Crippen LogP contribution in [0, 0.1) is 0 Å². The molecule has 1 N–H and O–H groups in total. The predicted molar refractivity (Wildman–Crippen MR) is 137 cm³/mol. The maximum Gasteiger partial charge on any atom is 0.118 e. The second kappa shape index (κ2) is 11.3. The Balaban J connectivity index is 1.37. The molecule has 1 aliphatic rings. The lowest BCUT2D eigenvalue weighted by Gasteiger charge is -2.35. The van der Waals surface area contributed by atoms with E-state index in [0.29, 0.717) is 6.54 Å². The first-order valence-electron chi connectivity index (χ1n) is 12.0. The highest BCUT2D eigenvalue weighted by atomic mass is 16.5. The molecular weight excluding hydrogens is 438 g/mol. The number of pyridine rings is 1. The van der Waals surface area contributed by atoms with Crippen molar-refractivity contribution < 1.29 is 9.47 Å². The SMILES string of the molecule is COc1ccc(C(CNCc2cn(-c3ccccc3)nc2-c2cccnc2)N2CCOCC2)cc1. The molecule has 1 aliphatic heterocycles. The molecule has 1 saturated heterocycles. The van der Waals surface area contributed by atoms with Gasteiger partial charge >= 0.3 is 0 Å². The Morgan fingerprint density at radius 3 is 2.51 bits per heavy atom. The van der Waals surface area contributed by atoms with Crippen LogP contribution in [0.2, 0.25) is 0 Å². The summed E-state index contributed by atoms with van der Waals surface area (Å²) < 4.78 is 12.9. The molecule has 1 unspecified atom stereocenters. The van der Waals surface area contributed by atoms with E-state index in [1.165, 1.54) is 5.56 Å². The number of methoxy groups -OCH3 is 1. The van der Waals surface area contributed by atoms with Crippen LogP contribution in [0.3, 0.4) is 0 Å². The predicted octanol–water partition coefficient (Wildman–Crippen LogP) is 4.11. The molecule has 0 amide bonds. The summed E-state index contributed by atoms with van der Waals surface area (Å²) in [7, 11) is 1.70. The summed E-state index contributed by atoms with van der Waals surface area (Å²) in [6.45, 7) is 4.89. The van der Waals surface area contributed by atoms with Gasteiger partial charge in [0.1, 0.15) is 5.75 Å². The minimum atomic E-state index is 0.246. The van der Waals surface area contributed by atoms with Crippen molar-refractivity contribution in [2.45, 2.75) is 12.6 Å². The van der Waals surface area contributed by atoms with Crippen molar-refractivity contribution in [2.24, 2.45) is 0 Å². The van der Waals surface area contributed by atoms with Gasteiger partial charge in [0, 0.05) is 61.9 Å². The molecule has 0 spiro atoms. The van der Waals surface area contributed by atoms with Crippen molar-refractivity contribution in [3.63, 3.8) is 0 Å². The molecule has 2 aromatic carbocycles. The van der Waals surface area contributed by atoms with Gasteiger partial charge in [-0.1, -0.05) is 30.3 Å². The van der Waals surface area contributed by atoms with Crippen LogP contribution in [0.5, 0.6) is 5.75 Å². The summed E-state index contributed by atoms with van der Waals surface area (Å²) >= 11 is 0. The normalized spacial score (nSPS) is 15.1. The number of hydrogen-bond donors (Lipinski definition) is 1. The number of ether oxygens (including phenoxy) is 2. The van der Waals surface area contributed by atoms with Gasteiger partial charge in [-0.25, -0.2) is 4.68 Å². The van der Waals surface area contributed by atoms with Crippen LogP contribution in [0.15, 0.2) is 85.3 Å². The lowest BCUT2D eigenvalue weighted by molar-refractivity contribution is 0.0161. The van der Waals surface area contributed by atoms with Gasteiger partial charge in [-0.15, -0.1) is 0 Å². The Bertz CT molecular complexity index is 1190. The highest BCUT2D eigenvalue weighted by molar-refractivity contribution is 5.62. The van der Waals surface area contributed by atoms with E-state index >= 15 is 0 Å². The maximum atomic E-state index is 5.61. The zero-order valence-corrected chi connectivity index (χ0v) is 20.0. The second-order valence-electron chi connectivity index (χ2n) is 8.59. The van der Waals surface area contributed by atoms with Crippen LogP contribution < -0.4 is 10.1 Å². The quantitative estimate of drug-likeness (QED) is 0.398. The number of hydrogen-bond acceptors (Lipinski definition) is 6. The third kappa shape index (κ3) is 5.59. The summed E-state index contributed by atoms with van der Waals surface area (Å²) in [4.78, 5) is 6.80. The Hall–Kier alpha value is -3.52. The number of rotatable bonds is 9. The summed E-state index contributed by atoms with van der Waals surface area (Å²) in [5.41, 5.74) is 5.40. The Morgan fingerprint density at radius 1 is 1.00 bits per heavy atom. The van der Waals surface area contributed by atoms with Gasteiger partial charge < -0.3 is 14.8 Å². The molecule has 1 fully saturated rings. The van der Waals surface area contributed by atoms with E-state index in [0.717, 1.165) is 61.1 Å². The zero-order chi connectivity index (χ0) is 23.9. The van der Waals surface area contributed by atoms with Gasteiger partial charge in [-0.3, -0.25) is 9.88 Å². The van der Waals surface area contributed by atoms with Gasteiger partial charge in [0.05, 0.1) is 31.7 Å². The molecule has 0 bridgehead atoms. The molecule has 0 radical (unpaired) electrons. The largest absolute Gasteiger partial charge is 0.497 e. The summed E-state index contributed by atoms with van der Waals surface area (Å²) in [6, 6.07) is 22.9. The van der Waals surface area contributed by atoms with Gasteiger partial charge in [-0.2, -0.15) is 5.10 Å². The molecule has 2 aromatic heterocycles. The summed E-state index contributed by atoms with van der Waals surface area (Å²) in [5.74, 6) is 0.872. The molecule has 4 aromatic rings. The van der Waals surface area contributed by atoms with Crippen LogP contribution in [0.25, 0.3) is 16.9 Å². The van der Waals surface area contributed by atoms with Crippen molar-refractivity contribution in [3.05, 3.63) is 96.4 Å². The Morgan fingerprint density at radius 2 is 1.80 bits per heavy atom. The van der Waals surface area contributed by atoms with E-state index in [1.54, 1.807) is 13.3 Å². The van der Waals surface area contributed by atoms with E-state index in [-0.39, 0.29) is 6.04 Å². The standard InChI is InChI=1S/C28H31N5O2/c1-34-26-11-9-22(10-12-26)27(32-14-16-35-17-15-32)20-30-19-24-21-33(25-7-3-2-4-8-25)31-28(24)23-6-5-13-29-18-23/h2-13,18,21,27,30H,14-17,19-20H2,1H3. The highest BCUT2D eigenvalue weighted by Gasteiger charge is 2.23. The molecule has 5 rings (SSSR count). The van der Waals surface area contributed by atoms with E-state index in [4.69, 9.17) is 14.6 Å². The van der Waals surface area contributed by atoms with E-state index in [1.807, 2.05) is 47.3 Å². The smallest absolute Gasteiger partial charge is 0.118 e. The van der Waals surface area contributed by atoms with Crippen molar-refractivity contribution in [1.29, 1.82) is 0 Å². The molecule has 0 aliphatic carbocycles. The van der Waals surface area contributed by atoms with Crippen LogP contribution >= 0.6 is 0 Å². The topological polar surface area (TPSA) is 64.4 Å². The van der Waals surface area contributed by atoms with Crippen LogP contribution in [0.1, 0.15) is 17.2 Å². The van der Waals surface area contributed by atoms with Crippen LogP contribution in [0.4, 0.5) is 0 Å². The highest BCUT2D eigenvalue weighted by Crippen LogP contribution is 2.26. The fourth-order valence-corrected chi connectivity index (χ4v) is 4.51. The lowest BCUT2D eigenvalue weighted by Crippen LogP contribution is -2.42. The van der Waals surface area contributed by atoms with Crippen LogP contribution in [-0.4, -0.2) is 59.6 Å². The van der Waals surface area contributed by atoms with Crippen LogP contribution in [-0.2, 0) is 11.3 Å². The fraction of sp³-hybridized carbons (Fsp3) is 0.286. The van der Waals surface area contributed by atoms with E-state index < -0.39 is 0 Å². The Labute approximate surface area is 206 Å². The third-order valence-corrected chi connectivity index (χ3v) is 6.39. The number of benzene rings is 2. The fourth-order valence-electron chi connectivity index (χ4n) is 4.51. The van der Waals surface area contributed by atoms with Gasteiger partial charge in [0.15, 0.2) is 0 Å². The molecular formula is C28H31N5O2. The minimum Gasteiger partial charge on any atom is -0.497 e. The van der Waals surface area contributed by atoms with Crippen molar-refractivity contribution in [2.75, 3.05) is 40.0 Å². The van der Waals surface area contributed by atoms with E-state index in [9.17, 15) is 0 Å². The Kier molecular flexibility index (Phi) is 7.48. The molecule has 7 nitrogen and oxygen atoms in total. The molecule has 1 atom stereocenters. The molecule has 35 heavy (non-hydrogen) atoms. The van der Waals surface area contributed by atoms with Gasteiger partial charge in [0.2, 0.25) is 0 Å². The lowest BCUT2D eigenvalue weighted by atomic mass is 10.0. The van der Waals surface area contributed by atoms with Gasteiger partial charge in [-0.05, 0) is 42.0 Å². The molecule has 180 valence electrons. The maximum absolute atomic E-state index is 5.61. The average Bonchev–Trinajstić information content (AvgIpc) is 3.37. The summed E-state index contributed by atoms with van der Waals surface area (Å²) in [5, 5.41) is 8.63. The molecule has 0 saturated carbocycles.